The summed E-state index contributed by atoms with van der Waals surface area (Å²) in [4.78, 5) is 16.1. The first-order valence-corrected chi connectivity index (χ1v) is 8.22. The number of carbonyl (C=O) groups excluding carboxylic acids is 1. The van der Waals surface area contributed by atoms with Gasteiger partial charge in [-0.3, -0.25) is 4.79 Å². The summed E-state index contributed by atoms with van der Waals surface area (Å²) in [6.07, 6.45) is -4.09. The Hall–Kier alpha value is -1.64. The third-order valence-corrected chi connectivity index (χ3v) is 4.63. The molecule has 0 bridgehead atoms. The van der Waals surface area contributed by atoms with Crippen LogP contribution in [0, 0.1) is 0 Å². The van der Waals surface area contributed by atoms with Gasteiger partial charge in [-0.2, -0.15) is 13.2 Å². The molecule has 25 heavy (non-hydrogen) atoms. The number of nitrogens with zero attached hydrogens (tertiary/aromatic N) is 1. The smallest absolute Gasteiger partial charge is 0.345 e. The van der Waals surface area contributed by atoms with Gasteiger partial charge in [0.2, 0.25) is 5.91 Å². The predicted molar refractivity (Wildman–Crippen MR) is 93.5 cm³/mol. The highest BCUT2D eigenvalue weighted by molar-refractivity contribution is 7.09. The molecule has 0 aliphatic heterocycles. The van der Waals surface area contributed by atoms with Crippen molar-refractivity contribution in [1.29, 1.82) is 0 Å². The molecule has 2 aromatic rings. The van der Waals surface area contributed by atoms with Crippen molar-refractivity contribution in [1.82, 2.24) is 10.3 Å². The van der Waals surface area contributed by atoms with Crippen molar-refractivity contribution >= 4 is 29.7 Å². The van der Waals surface area contributed by atoms with Crippen LogP contribution >= 0.6 is 23.7 Å². The Morgan fingerprint density at radius 1 is 1.32 bits per heavy atom. The molecule has 1 aromatic carbocycles. The van der Waals surface area contributed by atoms with E-state index in [0.717, 1.165) is 16.7 Å². The normalized spacial score (nSPS) is 15.0. The van der Waals surface area contributed by atoms with E-state index >= 15 is 0 Å². The topological polar surface area (TPSA) is 68.0 Å². The Morgan fingerprint density at radius 3 is 2.40 bits per heavy atom. The predicted octanol–water partition coefficient (Wildman–Crippen LogP) is 4.03. The second kappa shape index (κ2) is 8.16. The molecule has 2 atom stereocenters. The van der Waals surface area contributed by atoms with Crippen LogP contribution in [0.1, 0.15) is 42.6 Å². The third-order valence-electron chi connectivity index (χ3n) is 3.67. The number of nitrogens with one attached hydrogen (secondary N) is 1. The largest absolute Gasteiger partial charge is 0.434 e. The van der Waals surface area contributed by atoms with Crippen LogP contribution in [0.3, 0.4) is 0 Å². The van der Waals surface area contributed by atoms with Crippen LogP contribution in [0.15, 0.2) is 35.7 Å². The minimum Gasteiger partial charge on any atom is -0.345 e. The summed E-state index contributed by atoms with van der Waals surface area (Å²) in [6, 6.07) is 8.17. The zero-order chi connectivity index (χ0) is 18.0. The fourth-order valence-corrected chi connectivity index (χ4v) is 3.10. The van der Waals surface area contributed by atoms with Gasteiger partial charge in [0.25, 0.3) is 0 Å². The molecule has 1 amide bonds. The number of carbonyl (C=O) groups is 1. The van der Waals surface area contributed by atoms with E-state index in [2.05, 4.69) is 10.3 Å². The molecule has 0 aliphatic rings. The minimum atomic E-state index is -4.50. The number of hydrogen-bond acceptors (Lipinski definition) is 4. The van der Waals surface area contributed by atoms with Crippen LogP contribution < -0.4 is 11.1 Å². The highest BCUT2D eigenvalue weighted by atomic mass is 35.5. The highest BCUT2D eigenvalue weighted by Gasteiger charge is 2.36. The SMILES string of the molecule is CCC(NC(=O)C(C)(N)c1ccccc1)c1nc(C(F)(F)F)cs1.Cl. The molecule has 0 spiro atoms. The lowest BCUT2D eigenvalue weighted by molar-refractivity contribution is -0.140. The molecular weight excluding hydrogens is 375 g/mol. The molecule has 2 rings (SSSR count). The van der Waals surface area contributed by atoms with Gasteiger partial charge in [-0.05, 0) is 18.9 Å². The molecule has 0 radical (unpaired) electrons. The molecule has 0 saturated carbocycles. The first-order valence-electron chi connectivity index (χ1n) is 7.34. The van der Waals surface area contributed by atoms with E-state index in [0.29, 0.717) is 12.0 Å². The Bertz CT molecular complexity index is 704. The van der Waals surface area contributed by atoms with Gasteiger partial charge in [-0.1, -0.05) is 37.3 Å². The summed E-state index contributed by atoms with van der Waals surface area (Å²) in [5.41, 5.74) is 4.50. The number of thiazole rings is 1. The average Bonchev–Trinajstić information content (AvgIpc) is 3.03. The maximum absolute atomic E-state index is 12.7. The number of amides is 1. The van der Waals surface area contributed by atoms with E-state index < -0.39 is 29.4 Å². The van der Waals surface area contributed by atoms with Gasteiger partial charge < -0.3 is 11.1 Å². The van der Waals surface area contributed by atoms with E-state index in [-0.39, 0.29) is 17.4 Å². The molecule has 4 nitrogen and oxygen atoms in total. The zero-order valence-electron chi connectivity index (χ0n) is 13.6. The second-order valence-corrected chi connectivity index (χ2v) is 6.46. The minimum absolute atomic E-state index is 0. The lowest BCUT2D eigenvalue weighted by Crippen LogP contribution is -2.49. The number of benzene rings is 1. The fraction of sp³-hybridized carbons (Fsp3) is 0.375. The van der Waals surface area contributed by atoms with E-state index in [4.69, 9.17) is 5.73 Å². The number of aromatic nitrogens is 1. The van der Waals surface area contributed by atoms with Crippen molar-refractivity contribution in [3.63, 3.8) is 0 Å². The van der Waals surface area contributed by atoms with E-state index in [1.807, 2.05) is 0 Å². The highest BCUT2D eigenvalue weighted by Crippen LogP contribution is 2.32. The number of hydrogen-bond donors (Lipinski definition) is 2. The first-order chi connectivity index (χ1) is 11.2. The average molecular weight is 394 g/mol. The number of halogens is 4. The quantitative estimate of drug-likeness (QED) is 0.806. The van der Waals surface area contributed by atoms with Gasteiger partial charge in [-0.15, -0.1) is 23.7 Å². The van der Waals surface area contributed by atoms with E-state index in [9.17, 15) is 18.0 Å². The van der Waals surface area contributed by atoms with Crippen LogP contribution in [0.2, 0.25) is 0 Å². The summed E-state index contributed by atoms with van der Waals surface area (Å²) in [5.74, 6) is -0.468. The summed E-state index contributed by atoms with van der Waals surface area (Å²) in [6.45, 7) is 3.32. The van der Waals surface area contributed by atoms with Crippen LogP contribution in [-0.2, 0) is 16.5 Å². The number of alkyl halides is 3. The van der Waals surface area contributed by atoms with Crippen molar-refractivity contribution < 1.29 is 18.0 Å². The van der Waals surface area contributed by atoms with Gasteiger partial charge >= 0.3 is 6.18 Å². The maximum Gasteiger partial charge on any atom is 0.434 e. The van der Waals surface area contributed by atoms with E-state index in [1.54, 1.807) is 44.2 Å². The first kappa shape index (κ1) is 21.4. The molecular formula is C16H19ClF3N3OS. The standard InChI is InChI=1S/C16H18F3N3OS.ClH/c1-3-11(13-22-12(9-24-13)16(17,18)19)21-14(23)15(2,20)10-7-5-4-6-8-10;/h4-9,11H,3,20H2,1-2H3,(H,21,23);1H. The Labute approximate surface area is 154 Å². The van der Waals surface area contributed by atoms with Crippen molar-refractivity contribution in [3.8, 4) is 0 Å². The van der Waals surface area contributed by atoms with Gasteiger partial charge in [0.15, 0.2) is 5.69 Å². The fourth-order valence-electron chi connectivity index (χ4n) is 2.14. The van der Waals surface area contributed by atoms with E-state index in [1.165, 1.54) is 0 Å². The molecule has 0 saturated heterocycles. The molecule has 1 heterocycles. The van der Waals surface area contributed by atoms with Crippen LogP contribution in [0.25, 0.3) is 0 Å². The van der Waals surface area contributed by atoms with Crippen molar-refractivity contribution in [3.05, 3.63) is 52.0 Å². The molecule has 0 fully saturated rings. The van der Waals surface area contributed by atoms with Gasteiger partial charge in [0.1, 0.15) is 10.5 Å². The molecule has 3 N–H and O–H groups in total. The Balaban J connectivity index is 0.00000312. The van der Waals surface area contributed by atoms with Crippen molar-refractivity contribution in [2.75, 3.05) is 0 Å². The zero-order valence-corrected chi connectivity index (χ0v) is 15.3. The van der Waals surface area contributed by atoms with Crippen LogP contribution in [0.5, 0.6) is 0 Å². The summed E-state index contributed by atoms with van der Waals surface area (Å²) >= 11 is 0.871. The molecule has 9 heteroatoms. The Kier molecular flexibility index (Phi) is 6.99. The molecule has 2 unspecified atom stereocenters. The van der Waals surface area contributed by atoms with Crippen molar-refractivity contribution in [2.24, 2.45) is 5.73 Å². The molecule has 1 aromatic heterocycles. The summed E-state index contributed by atoms with van der Waals surface area (Å²) in [7, 11) is 0. The van der Waals surface area contributed by atoms with Crippen LogP contribution in [0.4, 0.5) is 13.2 Å². The van der Waals surface area contributed by atoms with Crippen molar-refractivity contribution in [2.45, 2.75) is 38.0 Å². The van der Waals surface area contributed by atoms with Gasteiger partial charge in [-0.25, -0.2) is 4.98 Å². The van der Waals surface area contributed by atoms with Crippen LogP contribution in [-0.4, -0.2) is 10.9 Å². The van der Waals surface area contributed by atoms with Gasteiger partial charge in [0, 0.05) is 5.38 Å². The lowest BCUT2D eigenvalue weighted by Gasteiger charge is -2.26. The Morgan fingerprint density at radius 2 is 1.92 bits per heavy atom. The molecule has 0 aliphatic carbocycles. The van der Waals surface area contributed by atoms with Gasteiger partial charge in [0.05, 0.1) is 6.04 Å². The number of rotatable bonds is 5. The summed E-state index contributed by atoms with van der Waals surface area (Å²) < 4.78 is 38.0. The maximum atomic E-state index is 12.7. The number of nitrogens with two attached hydrogens (primary N) is 1. The second-order valence-electron chi connectivity index (χ2n) is 5.57. The summed E-state index contributed by atoms with van der Waals surface area (Å²) in [5, 5.41) is 3.86. The lowest BCUT2D eigenvalue weighted by atomic mass is 9.92. The third kappa shape index (κ3) is 4.93. The molecule has 138 valence electrons. The monoisotopic (exact) mass is 393 g/mol.